The number of fused-ring (bicyclic) bond motifs is 5. The summed E-state index contributed by atoms with van der Waals surface area (Å²) in [5.41, 5.74) is 0.869. The highest BCUT2D eigenvalue weighted by molar-refractivity contribution is 9.12. The van der Waals surface area contributed by atoms with E-state index < -0.39 is 0 Å². The number of halogens is 2. The molecule has 0 aromatic heterocycles. The van der Waals surface area contributed by atoms with Crippen molar-refractivity contribution in [3.63, 3.8) is 0 Å². The largest absolute Gasteiger partial charge is 0.458 e. The molecule has 33 heavy (non-hydrogen) atoms. The predicted molar refractivity (Wildman–Crippen MR) is 133 cm³/mol. The molecule has 4 fully saturated rings. The van der Waals surface area contributed by atoms with Crippen LogP contribution in [0.2, 0.25) is 0 Å². The molecule has 1 heterocycles. The summed E-state index contributed by atoms with van der Waals surface area (Å²) in [6, 6.07) is 6.83. The summed E-state index contributed by atoms with van der Waals surface area (Å²) in [5.74, 6) is 0.504. The highest BCUT2D eigenvalue weighted by Crippen LogP contribution is 2.60. The van der Waals surface area contributed by atoms with Crippen molar-refractivity contribution in [2.24, 2.45) is 41.4 Å². The second-order valence-corrected chi connectivity index (χ2v) is 13.0. The first-order chi connectivity index (χ1) is 15.7. The number of rotatable bonds is 4. The third-order valence-electron chi connectivity index (χ3n) is 8.55. The summed E-state index contributed by atoms with van der Waals surface area (Å²) in [7, 11) is 0. The van der Waals surface area contributed by atoms with E-state index in [1.165, 1.54) is 11.3 Å². The molecule has 0 spiro atoms. The Labute approximate surface area is 212 Å². The van der Waals surface area contributed by atoms with E-state index >= 15 is 0 Å². The van der Waals surface area contributed by atoms with E-state index in [-0.39, 0.29) is 57.2 Å². The van der Waals surface area contributed by atoms with E-state index in [1.807, 2.05) is 0 Å². The standard InChI is InChI=1S/C26H31Br2NO4/c1-12(2)16-8-7-13(3)9-19(16)33-26(32)14-5-4-6-15(10-14)29-24(30)20-17-11-18(21(20)25(29)31)23(28)22(17)27/h4-6,10,12-13,16-23H,7-9,11H2,1-3H3/t13-,16-,17-,18-,19-,20-,21-,22+,23+/m1/s1. The summed E-state index contributed by atoms with van der Waals surface area (Å²) in [6.45, 7) is 6.58. The monoisotopic (exact) mass is 579 g/mol. The molecule has 4 aliphatic rings. The fraction of sp³-hybridized carbons (Fsp3) is 0.654. The van der Waals surface area contributed by atoms with Crippen LogP contribution >= 0.6 is 31.9 Å². The highest BCUT2D eigenvalue weighted by atomic mass is 79.9. The molecule has 7 heteroatoms. The Bertz CT molecular complexity index is 949. The Kier molecular flexibility index (Phi) is 6.26. The molecule has 0 radical (unpaired) electrons. The van der Waals surface area contributed by atoms with Crippen LogP contribution in [-0.2, 0) is 14.3 Å². The Morgan fingerprint density at radius 1 is 1.03 bits per heavy atom. The van der Waals surface area contributed by atoms with Gasteiger partial charge in [-0.1, -0.05) is 65.1 Å². The van der Waals surface area contributed by atoms with Crippen LogP contribution in [0.1, 0.15) is 56.8 Å². The van der Waals surface area contributed by atoms with Crippen LogP contribution in [0.4, 0.5) is 5.69 Å². The first-order valence-electron chi connectivity index (χ1n) is 12.2. The lowest BCUT2D eigenvalue weighted by molar-refractivity contribution is -0.123. The Hall–Kier alpha value is -1.21. The molecular weight excluding hydrogens is 550 g/mol. The normalized spacial score (nSPS) is 39.9. The van der Waals surface area contributed by atoms with Gasteiger partial charge in [-0.15, -0.1) is 0 Å². The Morgan fingerprint density at radius 3 is 2.27 bits per heavy atom. The number of imide groups is 1. The minimum absolute atomic E-state index is 0.0957. The number of anilines is 1. The fourth-order valence-corrected chi connectivity index (χ4v) is 8.70. The Morgan fingerprint density at radius 2 is 1.67 bits per heavy atom. The molecule has 1 aliphatic heterocycles. The van der Waals surface area contributed by atoms with Crippen molar-refractivity contribution < 1.29 is 19.1 Å². The van der Waals surface area contributed by atoms with E-state index in [9.17, 15) is 14.4 Å². The zero-order chi connectivity index (χ0) is 23.6. The van der Waals surface area contributed by atoms with Gasteiger partial charge in [0.05, 0.1) is 23.1 Å². The van der Waals surface area contributed by atoms with Crippen LogP contribution in [0.5, 0.6) is 0 Å². The summed E-state index contributed by atoms with van der Waals surface area (Å²) in [5, 5.41) is 0. The SMILES string of the molecule is CC(C)[C@H]1CC[C@@H](C)C[C@H]1OC(=O)c1cccc(N2C(=O)[C@@H]3[C@H]4C[C@@H]([C@H](Br)[C@H]4Br)[C@H]3C2=O)c1. The molecule has 2 bridgehead atoms. The van der Waals surface area contributed by atoms with Crippen LogP contribution in [0.3, 0.4) is 0 Å². The molecule has 5 rings (SSSR count). The van der Waals surface area contributed by atoms with Crippen molar-refractivity contribution >= 4 is 55.3 Å². The van der Waals surface area contributed by atoms with Crippen molar-refractivity contribution in [3.8, 4) is 0 Å². The Balaban J connectivity index is 1.36. The van der Waals surface area contributed by atoms with E-state index in [2.05, 4.69) is 52.6 Å². The zero-order valence-electron chi connectivity index (χ0n) is 19.2. The third kappa shape index (κ3) is 3.81. The van der Waals surface area contributed by atoms with Crippen LogP contribution in [0.25, 0.3) is 0 Å². The van der Waals surface area contributed by atoms with E-state index in [0.717, 1.165) is 19.3 Å². The summed E-state index contributed by atoms with van der Waals surface area (Å²) >= 11 is 7.46. The maximum Gasteiger partial charge on any atom is 0.338 e. The number of esters is 1. The van der Waals surface area contributed by atoms with Gasteiger partial charge in [0.1, 0.15) is 6.10 Å². The molecule has 0 unspecified atom stereocenters. The van der Waals surface area contributed by atoms with Gasteiger partial charge in [-0.2, -0.15) is 0 Å². The van der Waals surface area contributed by atoms with Crippen LogP contribution in [-0.4, -0.2) is 33.5 Å². The van der Waals surface area contributed by atoms with Gasteiger partial charge in [-0.05, 0) is 67.1 Å². The van der Waals surface area contributed by atoms with Crippen molar-refractivity contribution in [1.82, 2.24) is 0 Å². The number of nitrogens with zero attached hydrogens (tertiary/aromatic N) is 1. The van der Waals surface area contributed by atoms with E-state index in [1.54, 1.807) is 24.3 Å². The van der Waals surface area contributed by atoms with Gasteiger partial charge in [-0.3, -0.25) is 14.5 Å². The number of hydrogen-bond donors (Lipinski definition) is 0. The number of hydrogen-bond acceptors (Lipinski definition) is 4. The number of benzene rings is 1. The quantitative estimate of drug-likeness (QED) is 0.265. The third-order valence-corrected chi connectivity index (χ3v) is 11.8. The van der Waals surface area contributed by atoms with Crippen molar-refractivity contribution in [1.29, 1.82) is 0 Å². The molecule has 178 valence electrons. The van der Waals surface area contributed by atoms with Crippen molar-refractivity contribution in [3.05, 3.63) is 29.8 Å². The van der Waals surface area contributed by atoms with Gasteiger partial charge in [0.2, 0.25) is 11.8 Å². The fourth-order valence-electron chi connectivity index (χ4n) is 6.83. The zero-order valence-corrected chi connectivity index (χ0v) is 22.4. The lowest BCUT2D eigenvalue weighted by Gasteiger charge is -2.36. The minimum atomic E-state index is -0.373. The van der Waals surface area contributed by atoms with Crippen LogP contribution in [0.15, 0.2) is 24.3 Å². The summed E-state index contributed by atoms with van der Waals surface area (Å²) in [4.78, 5) is 41.5. The lowest BCUT2D eigenvalue weighted by Crippen LogP contribution is -2.37. The van der Waals surface area contributed by atoms with Crippen molar-refractivity contribution in [2.45, 2.75) is 62.2 Å². The van der Waals surface area contributed by atoms with E-state index in [4.69, 9.17) is 4.74 Å². The van der Waals surface area contributed by atoms with E-state index in [0.29, 0.717) is 29.0 Å². The van der Waals surface area contributed by atoms with Gasteiger partial charge in [0.25, 0.3) is 0 Å². The summed E-state index contributed by atoms with van der Waals surface area (Å²) < 4.78 is 6.00. The maximum absolute atomic E-state index is 13.3. The number of amides is 2. The molecular formula is C26H31Br2NO4. The topological polar surface area (TPSA) is 63.7 Å². The number of alkyl halides is 2. The maximum atomic E-state index is 13.3. The molecule has 9 atom stereocenters. The molecule has 1 aromatic carbocycles. The smallest absolute Gasteiger partial charge is 0.338 e. The summed E-state index contributed by atoms with van der Waals surface area (Å²) in [6.07, 6.45) is 3.92. The van der Waals surface area contributed by atoms with Gasteiger partial charge in [0, 0.05) is 9.65 Å². The molecule has 3 aliphatic carbocycles. The molecule has 2 amide bonds. The van der Waals surface area contributed by atoms with Gasteiger partial charge < -0.3 is 4.74 Å². The molecule has 1 saturated heterocycles. The average molecular weight is 581 g/mol. The molecule has 3 saturated carbocycles. The minimum Gasteiger partial charge on any atom is -0.458 e. The second-order valence-electron chi connectivity index (χ2n) is 10.8. The van der Waals surface area contributed by atoms with Gasteiger partial charge in [0.15, 0.2) is 0 Å². The predicted octanol–water partition coefficient (Wildman–Crippen LogP) is 5.59. The number of carbonyl (C=O) groups excluding carboxylic acids is 3. The first kappa shape index (κ1) is 23.5. The first-order valence-corrected chi connectivity index (χ1v) is 14.0. The van der Waals surface area contributed by atoms with Crippen molar-refractivity contribution in [2.75, 3.05) is 4.90 Å². The lowest BCUT2D eigenvalue weighted by atomic mass is 9.75. The average Bonchev–Trinajstić information content (AvgIpc) is 3.38. The van der Waals surface area contributed by atoms with Gasteiger partial charge in [-0.25, -0.2) is 4.79 Å². The molecule has 1 aromatic rings. The number of carbonyl (C=O) groups is 3. The van der Waals surface area contributed by atoms with Gasteiger partial charge >= 0.3 is 5.97 Å². The molecule has 0 N–H and O–H groups in total. The van der Waals surface area contributed by atoms with Crippen LogP contribution < -0.4 is 4.90 Å². The second kappa shape index (κ2) is 8.78. The molecule has 5 nitrogen and oxygen atoms in total. The van der Waals surface area contributed by atoms with Crippen LogP contribution in [0, 0.1) is 41.4 Å². The number of ether oxygens (including phenoxy) is 1. The highest BCUT2D eigenvalue weighted by Gasteiger charge is 2.66.